The second-order valence-corrected chi connectivity index (χ2v) is 6.02. The largest absolute Gasteiger partial charge is 0.393 e. The van der Waals surface area contributed by atoms with Crippen LogP contribution in [0.4, 0.5) is 11.8 Å². The summed E-state index contributed by atoms with van der Waals surface area (Å²) < 4.78 is 0. The van der Waals surface area contributed by atoms with E-state index in [1.54, 1.807) is 0 Å². The van der Waals surface area contributed by atoms with Crippen molar-refractivity contribution in [3.05, 3.63) is 53.7 Å². The van der Waals surface area contributed by atoms with Crippen molar-refractivity contribution in [2.45, 2.75) is 24.9 Å². The molecule has 1 saturated carbocycles. The molecule has 3 rings (SSSR count). The Labute approximate surface area is 136 Å². The number of benzene rings is 1. The monoisotopic (exact) mass is 310 g/mol. The van der Waals surface area contributed by atoms with E-state index in [4.69, 9.17) is 5.73 Å². The summed E-state index contributed by atoms with van der Waals surface area (Å²) >= 11 is 0. The summed E-state index contributed by atoms with van der Waals surface area (Å²) in [5, 5.41) is 9.46. The topological polar surface area (TPSA) is 75.3 Å². The minimum Gasteiger partial charge on any atom is -0.393 e. The number of likely N-dealkylation sites (N-methyl/N-ethyl adjacent to an activating group) is 1. The molecule has 1 aromatic carbocycles. The summed E-state index contributed by atoms with van der Waals surface area (Å²) in [5.74, 6) is 1.40. The van der Waals surface area contributed by atoms with E-state index in [-0.39, 0.29) is 12.1 Å². The third-order valence-corrected chi connectivity index (χ3v) is 4.16. The first-order valence-corrected chi connectivity index (χ1v) is 7.87. The fourth-order valence-electron chi connectivity index (χ4n) is 2.71. The number of rotatable bonds is 5. The summed E-state index contributed by atoms with van der Waals surface area (Å²) in [6, 6.07) is 12.2. The van der Waals surface area contributed by atoms with Gasteiger partial charge in [0, 0.05) is 25.6 Å². The number of nitrogen functional groups attached to an aromatic ring is 1. The SMILES string of the molecule is CN(C/C=C/c1ccccc1)c1cc(C2CC(O)C2)nc(N)n1. The molecular formula is C18H22N4O. The van der Waals surface area contributed by atoms with Crippen LogP contribution >= 0.6 is 0 Å². The van der Waals surface area contributed by atoms with Crippen LogP contribution in [0.5, 0.6) is 0 Å². The predicted molar refractivity (Wildman–Crippen MR) is 93.2 cm³/mol. The summed E-state index contributed by atoms with van der Waals surface area (Å²) in [6.45, 7) is 0.734. The molecule has 1 aliphatic carbocycles. The normalized spacial score (nSPS) is 20.4. The maximum Gasteiger partial charge on any atom is 0.222 e. The molecule has 1 aliphatic rings. The van der Waals surface area contributed by atoms with Crippen molar-refractivity contribution in [2.75, 3.05) is 24.2 Å². The number of hydrogen-bond acceptors (Lipinski definition) is 5. The maximum atomic E-state index is 9.46. The predicted octanol–water partition coefficient (Wildman–Crippen LogP) is 2.45. The Kier molecular flexibility index (Phi) is 4.57. The third-order valence-electron chi connectivity index (χ3n) is 4.16. The Morgan fingerprint density at radius 1 is 1.26 bits per heavy atom. The summed E-state index contributed by atoms with van der Waals surface area (Å²) in [6.07, 6.45) is 5.50. The zero-order valence-electron chi connectivity index (χ0n) is 13.3. The number of nitrogens with two attached hydrogens (primary N) is 1. The quantitative estimate of drug-likeness (QED) is 0.887. The highest BCUT2D eigenvalue weighted by Gasteiger charge is 2.30. The van der Waals surface area contributed by atoms with Crippen molar-refractivity contribution in [3.63, 3.8) is 0 Å². The van der Waals surface area contributed by atoms with E-state index in [2.05, 4.69) is 34.3 Å². The maximum absolute atomic E-state index is 9.46. The lowest BCUT2D eigenvalue weighted by molar-refractivity contribution is 0.0732. The van der Waals surface area contributed by atoms with Crippen LogP contribution in [-0.4, -0.2) is 34.8 Å². The summed E-state index contributed by atoms with van der Waals surface area (Å²) in [5.41, 5.74) is 7.94. The summed E-state index contributed by atoms with van der Waals surface area (Å²) in [7, 11) is 1.98. The molecule has 0 bridgehead atoms. The van der Waals surface area contributed by atoms with Gasteiger partial charge in [0.15, 0.2) is 0 Å². The van der Waals surface area contributed by atoms with E-state index in [1.165, 1.54) is 5.56 Å². The number of nitrogens with zero attached hydrogens (tertiary/aromatic N) is 3. The van der Waals surface area contributed by atoms with Gasteiger partial charge < -0.3 is 15.7 Å². The van der Waals surface area contributed by atoms with E-state index < -0.39 is 0 Å². The zero-order valence-corrected chi connectivity index (χ0v) is 13.3. The van der Waals surface area contributed by atoms with Gasteiger partial charge in [-0.3, -0.25) is 0 Å². The lowest BCUT2D eigenvalue weighted by Gasteiger charge is -2.31. The molecule has 1 fully saturated rings. The Morgan fingerprint density at radius 2 is 2.00 bits per heavy atom. The number of aliphatic hydroxyl groups is 1. The van der Waals surface area contributed by atoms with Crippen LogP contribution in [0.15, 0.2) is 42.5 Å². The van der Waals surface area contributed by atoms with Crippen molar-refractivity contribution < 1.29 is 5.11 Å². The van der Waals surface area contributed by atoms with Gasteiger partial charge in [-0.25, -0.2) is 4.98 Å². The molecule has 0 spiro atoms. The van der Waals surface area contributed by atoms with E-state index in [1.807, 2.05) is 36.2 Å². The number of anilines is 2. The van der Waals surface area contributed by atoms with Gasteiger partial charge in [0.1, 0.15) is 5.82 Å². The van der Waals surface area contributed by atoms with E-state index in [9.17, 15) is 5.11 Å². The van der Waals surface area contributed by atoms with Gasteiger partial charge in [0.25, 0.3) is 0 Å². The molecular weight excluding hydrogens is 288 g/mol. The first-order chi connectivity index (χ1) is 11.1. The lowest BCUT2D eigenvalue weighted by Crippen LogP contribution is -2.28. The van der Waals surface area contributed by atoms with Crippen LogP contribution in [0, 0.1) is 0 Å². The fraction of sp³-hybridized carbons (Fsp3) is 0.333. The zero-order chi connectivity index (χ0) is 16.2. The van der Waals surface area contributed by atoms with Crippen LogP contribution < -0.4 is 10.6 Å². The molecule has 0 atom stereocenters. The first kappa shape index (κ1) is 15.5. The number of aromatic nitrogens is 2. The second kappa shape index (κ2) is 6.79. The van der Waals surface area contributed by atoms with Crippen molar-refractivity contribution in [1.82, 2.24) is 9.97 Å². The van der Waals surface area contributed by atoms with E-state index >= 15 is 0 Å². The van der Waals surface area contributed by atoms with Crippen molar-refractivity contribution in [3.8, 4) is 0 Å². The standard InChI is InChI=1S/C18H22N4O/c1-22(9-5-8-13-6-3-2-4-7-13)17-12-16(20-18(19)21-17)14-10-15(23)11-14/h2-8,12,14-15,23H,9-11H2,1H3,(H2,19,20,21)/b8-5+. The Bertz CT molecular complexity index is 681. The van der Waals surface area contributed by atoms with Crippen LogP contribution in [0.25, 0.3) is 6.08 Å². The molecule has 5 heteroatoms. The van der Waals surface area contributed by atoms with Gasteiger partial charge in [-0.05, 0) is 18.4 Å². The van der Waals surface area contributed by atoms with E-state index in [0.29, 0.717) is 5.92 Å². The third kappa shape index (κ3) is 3.87. The smallest absolute Gasteiger partial charge is 0.222 e. The number of hydrogen-bond donors (Lipinski definition) is 2. The van der Waals surface area contributed by atoms with Crippen LogP contribution in [0.3, 0.4) is 0 Å². The lowest BCUT2D eigenvalue weighted by atomic mass is 9.80. The molecule has 23 heavy (non-hydrogen) atoms. The average Bonchev–Trinajstić information content (AvgIpc) is 2.52. The van der Waals surface area contributed by atoms with Crippen LogP contribution in [0.2, 0.25) is 0 Å². The highest BCUT2D eigenvalue weighted by molar-refractivity contribution is 5.51. The molecule has 0 radical (unpaired) electrons. The van der Waals surface area contributed by atoms with Crippen molar-refractivity contribution in [2.24, 2.45) is 0 Å². The molecule has 2 aromatic rings. The number of aliphatic hydroxyl groups excluding tert-OH is 1. The average molecular weight is 310 g/mol. The van der Waals surface area contributed by atoms with Crippen molar-refractivity contribution >= 4 is 17.8 Å². The molecule has 0 unspecified atom stereocenters. The molecule has 120 valence electrons. The molecule has 0 aliphatic heterocycles. The van der Waals surface area contributed by atoms with Crippen LogP contribution in [0.1, 0.15) is 30.0 Å². The molecule has 3 N–H and O–H groups in total. The second-order valence-electron chi connectivity index (χ2n) is 6.02. The molecule has 1 aromatic heterocycles. The Hall–Kier alpha value is -2.40. The van der Waals surface area contributed by atoms with Gasteiger partial charge in [0.2, 0.25) is 5.95 Å². The van der Waals surface area contributed by atoms with Crippen molar-refractivity contribution in [1.29, 1.82) is 0 Å². The Morgan fingerprint density at radius 3 is 2.70 bits per heavy atom. The van der Waals surface area contributed by atoms with Gasteiger partial charge in [-0.1, -0.05) is 42.5 Å². The first-order valence-electron chi connectivity index (χ1n) is 7.87. The summed E-state index contributed by atoms with van der Waals surface area (Å²) in [4.78, 5) is 10.7. The molecule has 1 heterocycles. The van der Waals surface area contributed by atoms with Gasteiger partial charge in [0.05, 0.1) is 11.8 Å². The minimum absolute atomic E-state index is 0.203. The highest BCUT2D eigenvalue weighted by atomic mass is 16.3. The Balaban J connectivity index is 1.67. The van der Waals surface area contributed by atoms with Gasteiger partial charge in [-0.15, -0.1) is 0 Å². The van der Waals surface area contributed by atoms with Gasteiger partial charge >= 0.3 is 0 Å². The van der Waals surface area contributed by atoms with Gasteiger partial charge in [-0.2, -0.15) is 4.98 Å². The molecule has 0 amide bonds. The molecule has 5 nitrogen and oxygen atoms in total. The van der Waals surface area contributed by atoms with Crippen LogP contribution in [-0.2, 0) is 0 Å². The molecule has 0 saturated heterocycles. The minimum atomic E-state index is -0.203. The van der Waals surface area contributed by atoms with E-state index in [0.717, 1.165) is 30.9 Å². The highest BCUT2D eigenvalue weighted by Crippen LogP contribution is 2.36. The fourth-order valence-corrected chi connectivity index (χ4v) is 2.71.